The summed E-state index contributed by atoms with van der Waals surface area (Å²) >= 11 is 5.45. The first-order chi connectivity index (χ1) is 9.08. The van der Waals surface area contributed by atoms with E-state index in [4.69, 9.17) is 12.2 Å². The van der Waals surface area contributed by atoms with Gasteiger partial charge in [0.05, 0.1) is 0 Å². The van der Waals surface area contributed by atoms with Crippen LogP contribution in [0.2, 0.25) is 0 Å². The van der Waals surface area contributed by atoms with E-state index in [1.807, 2.05) is 12.1 Å². The van der Waals surface area contributed by atoms with Crippen LogP contribution in [0.4, 0.5) is 5.69 Å². The number of hydrogen-bond donors (Lipinski definition) is 2. The van der Waals surface area contributed by atoms with Crippen LogP contribution < -0.4 is 10.6 Å². The van der Waals surface area contributed by atoms with E-state index in [-0.39, 0.29) is 0 Å². The highest BCUT2D eigenvalue weighted by atomic mass is 32.1. The summed E-state index contributed by atoms with van der Waals surface area (Å²) in [4.78, 5) is 0. The molecular weight excluding hydrogens is 252 g/mol. The van der Waals surface area contributed by atoms with Crippen LogP contribution in [0.1, 0.15) is 38.7 Å². The van der Waals surface area contributed by atoms with Gasteiger partial charge in [-0.15, -0.1) is 0 Å². The maximum atomic E-state index is 5.45. The van der Waals surface area contributed by atoms with E-state index in [0.717, 1.165) is 16.7 Å². The Bertz CT molecular complexity index is 444. The summed E-state index contributed by atoms with van der Waals surface area (Å²) < 4.78 is 0. The minimum absolute atomic E-state index is 0.507. The Hall–Kier alpha value is -1.09. The Morgan fingerprint density at radius 3 is 2.68 bits per heavy atom. The second kappa shape index (κ2) is 6.38. The van der Waals surface area contributed by atoms with Crippen molar-refractivity contribution in [1.29, 1.82) is 0 Å². The topological polar surface area (TPSA) is 24.1 Å². The van der Waals surface area contributed by atoms with Crippen LogP contribution >= 0.6 is 12.2 Å². The molecule has 1 fully saturated rings. The zero-order chi connectivity index (χ0) is 13.8. The molecule has 3 atom stereocenters. The second-order valence-electron chi connectivity index (χ2n) is 5.79. The zero-order valence-corrected chi connectivity index (χ0v) is 12.9. The van der Waals surface area contributed by atoms with Gasteiger partial charge < -0.3 is 10.6 Å². The molecule has 19 heavy (non-hydrogen) atoms. The van der Waals surface area contributed by atoms with Crippen molar-refractivity contribution in [2.45, 2.75) is 46.1 Å². The highest BCUT2D eigenvalue weighted by Crippen LogP contribution is 2.29. The predicted molar refractivity (Wildman–Crippen MR) is 86.5 cm³/mol. The zero-order valence-electron chi connectivity index (χ0n) is 12.1. The lowest BCUT2D eigenvalue weighted by Crippen LogP contribution is -2.45. The quantitative estimate of drug-likeness (QED) is 0.795. The summed E-state index contributed by atoms with van der Waals surface area (Å²) in [5.74, 6) is 1.47. The molecular formula is C16H24N2S. The van der Waals surface area contributed by atoms with Crippen molar-refractivity contribution in [3.63, 3.8) is 0 Å². The number of nitrogens with one attached hydrogen (secondary N) is 2. The molecule has 0 aromatic heterocycles. The molecule has 1 aliphatic rings. The summed E-state index contributed by atoms with van der Waals surface area (Å²) in [6.07, 6.45) is 3.87. The summed E-state index contributed by atoms with van der Waals surface area (Å²) in [6, 6.07) is 8.74. The molecule has 0 amide bonds. The molecule has 104 valence electrons. The number of hydrogen-bond acceptors (Lipinski definition) is 1. The Balaban J connectivity index is 1.93. The highest BCUT2D eigenvalue weighted by Gasteiger charge is 2.27. The molecule has 0 spiro atoms. The minimum Gasteiger partial charge on any atom is -0.359 e. The fourth-order valence-electron chi connectivity index (χ4n) is 2.83. The molecule has 0 bridgehead atoms. The van der Waals surface area contributed by atoms with Crippen molar-refractivity contribution >= 4 is 23.0 Å². The SMILES string of the molecule is Cc1ccccc1NC(=S)N[C@H]1CCC[C@H](C)[C@@H]1C. The van der Waals surface area contributed by atoms with Gasteiger partial charge >= 0.3 is 0 Å². The first-order valence-corrected chi connectivity index (χ1v) is 7.62. The Kier molecular flexibility index (Phi) is 4.81. The van der Waals surface area contributed by atoms with Crippen LogP contribution in [0.3, 0.4) is 0 Å². The number of thiocarbonyl (C=S) groups is 1. The Labute approximate surface area is 122 Å². The maximum Gasteiger partial charge on any atom is 0.171 e. The normalized spacial score (nSPS) is 26.8. The lowest BCUT2D eigenvalue weighted by molar-refractivity contribution is 0.225. The van der Waals surface area contributed by atoms with Crippen molar-refractivity contribution in [3.8, 4) is 0 Å². The molecule has 2 N–H and O–H groups in total. The van der Waals surface area contributed by atoms with Gasteiger partial charge in [0.1, 0.15) is 0 Å². The Morgan fingerprint density at radius 1 is 1.21 bits per heavy atom. The molecule has 0 saturated heterocycles. The van der Waals surface area contributed by atoms with Crippen molar-refractivity contribution in [2.75, 3.05) is 5.32 Å². The number of benzene rings is 1. The summed E-state index contributed by atoms with van der Waals surface area (Å²) in [7, 11) is 0. The third-order valence-corrected chi connectivity index (χ3v) is 4.64. The van der Waals surface area contributed by atoms with Crippen LogP contribution in [-0.4, -0.2) is 11.2 Å². The monoisotopic (exact) mass is 276 g/mol. The van der Waals surface area contributed by atoms with Crippen molar-refractivity contribution in [2.24, 2.45) is 11.8 Å². The average Bonchev–Trinajstić information content (AvgIpc) is 2.38. The fraction of sp³-hybridized carbons (Fsp3) is 0.562. The number of para-hydroxylation sites is 1. The second-order valence-corrected chi connectivity index (χ2v) is 6.20. The van der Waals surface area contributed by atoms with Gasteiger partial charge in [0.15, 0.2) is 5.11 Å². The highest BCUT2D eigenvalue weighted by molar-refractivity contribution is 7.80. The van der Waals surface area contributed by atoms with Gasteiger partial charge in [-0.2, -0.15) is 0 Å². The number of rotatable bonds is 2. The molecule has 1 saturated carbocycles. The number of anilines is 1. The first kappa shape index (κ1) is 14.3. The smallest absolute Gasteiger partial charge is 0.171 e. The lowest BCUT2D eigenvalue weighted by atomic mass is 9.78. The largest absolute Gasteiger partial charge is 0.359 e. The van der Waals surface area contributed by atoms with E-state index in [0.29, 0.717) is 12.0 Å². The number of aryl methyl sites for hydroxylation is 1. The molecule has 1 aromatic carbocycles. The molecule has 2 rings (SSSR count). The fourth-order valence-corrected chi connectivity index (χ4v) is 3.09. The first-order valence-electron chi connectivity index (χ1n) is 7.21. The van der Waals surface area contributed by atoms with Gasteiger partial charge in [0.25, 0.3) is 0 Å². The lowest BCUT2D eigenvalue weighted by Gasteiger charge is -2.35. The molecule has 2 nitrogen and oxygen atoms in total. The van der Waals surface area contributed by atoms with Crippen LogP contribution in [0.25, 0.3) is 0 Å². The standard InChI is InChI=1S/C16H24N2S/c1-11-8-6-10-15(13(11)3)18-16(19)17-14-9-5-4-7-12(14)2/h4-5,7,9,11,13,15H,6,8,10H2,1-3H3,(H2,17,18,19)/t11-,13-,15-/m0/s1. The Morgan fingerprint density at radius 2 is 1.95 bits per heavy atom. The van der Waals surface area contributed by atoms with Gasteiger partial charge in [-0.3, -0.25) is 0 Å². The molecule has 0 aliphatic heterocycles. The van der Waals surface area contributed by atoms with E-state index in [9.17, 15) is 0 Å². The summed E-state index contributed by atoms with van der Waals surface area (Å²) in [5, 5.41) is 7.56. The molecule has 0 radical (unpaired) electrons. The van der Waals surface area contributed by atoms with Crippen LogP contribution in [0, 0.1) is 18.8 Å². The third-order valence-electron chi connectivity index (χ3n) is 4.42. The molecule has 1 aromatic rings. The van der Waals surface area contributed by atoms with Gasteiger partial charge in [-0.05, 0) is 49.0 Å². The van der Waals surface area contributed by atoms with E-state index >= 15 is 0 Å². The summed E-state index contributed by atoms with van der Waals surface area (Å²) in [6.45, 7) is 6.77. The van der Waals surface area contributed by atoms with Crippen LogP contribution in [-0.2, 0) is 0 Å². The molecule has 1 aliphatic carbocycles. The van der Waals surface area contributed by atoms with Crippen molar-refractivity contribution < 1.29 is 0 Å². The maximum absolute atomic E-state index is 5.45. The van der Waals surface area contributed by atoms with Gasteiger partial charge in [-0.1, -0.05) is 44.9 Å². The van der Waals surface area contributed by atoms with E-state index < -0.39 is 0 Å². The van der Waals surface area contributed by atoms with E-state index in [1.54, 1.807) is 0 Å². The predicted octanol–water partition coefficient (Wildman–Crippen LogP) is 4.11. The minimum atomic E-state index is 0.507. The van der Waals surface area contributed by atoms with Crippen LogP contribution in [0.5, 0.6) is 0 Å². The van der Waals surface area contributed by atoms with Gasteiger partial charge in [0, 0.05) is 11.7 Å². The van der Waals surface area contributed by atoms with Crippen molar-refractivity contribution in [1.82, 2.24) is 5.32 Å². The van der Waals surface area contributed by atoms with Gasteiger partial charge in [-0.25, -0.2) is 0 Å². The van der Waals surface area contributed by atoms with Crippen LogP contribution in [0.15, 0.2) is 24.3 Å². The van der Waals surface area contributed by atoms with Crippen molar-refractivity contribution in [3.05, 3.63) is 29.8 Å². The third kappa shape index (κ3) is 3.69. The van der Waals surface area contributed by atoms with E-state index in [2.05, 4.69) is 43.5 Å². The summed E-state index contributed by atoms with van der Waals surface area (Å²) in [5.41, 5.74) is 2.31. The van der Waals surface area contributed by atoms with Gasteiger partial charge in [0.2, 0.25) is 0 Å². The average molecular weight is 276 g/mol. The van der Waals surface area contributed by atoms with E-state index in [1.165, 1.54) is 24.8 Å². The molecule has 0 heterocycles. The molecule has 0 unspecified atom stereocenters. The molecule has 3 heteroatoms.